The van der Waals surface area contributed by atoms with Gasteiger partial charge in [-0.2, -0.15) is 0 Å². The zero-order valence-electron chi connectivity index (χ0n) is 13.0. The second-order valence-electron chi connectivity index (χ2n) is 4.94. The highest BCUT2D eigenvalue weighted by Gasteiger charge is 2.10. The van der Waals surface area contributed by atoms with Crippen LogP contribution in [0.25, 0.3) is 0 Å². The molecule has 0 atom stereocenters. The topological polar surface area (TPSA) is 93.2 Å². The van der Waals surface area contributed by atoms with Gasteiger partial charge >= 0.3 is 12.0 Å². The van der Waals surface area contributed by atoms with Gasteiger partial charge in [0.1, 0.15) is 5.75 Å². The fraction of sp³-hybridized carbons (Fsp3) is 0. The number of anilines is 1. The summed E-state index contributed by atoms with van der Waals surface area (Å²) in [6, 6.07) is 16.4. The normalized spacial score (nSPS) is 9.92. The molecule has 0 spiro atoms. The number of amides is 3. The summed E-state index contributed by atoms with van der Waals surface area (Å²) in [4.78, 5) is 31.8. The van der Waals surface area contributed by atoms with Gasteiger partial charge in [-0.3, -0.25) is 10.1 Å². The number of imide groups is 1. The Morgan fingerprint density at radius 1 is 0.880 bits per heavy atom. The van der Waals surface area contributed by atoms with E-state index in [1.54, 1.807) is 73.1 Å². The number of nitrogens with zero attached hydrogens (tertiary/aromatic N) is 2. The summed E-state index contributed by atoms with van der Waals surface area (Å²) in [6.45, 7) is 0. The van der Waals surface area contributed by atoms with Crippen molar-refractivity contribution in [3.63, 3.8) is 0 Å². The van der Waals surface area contributed by atoms with Crippen LogP contribution in [0.4, 0.5) is 10.5 Å². The third-order valence-corrected chi connectivity index (χ3v) is 3.11. The standard InChI is InChI=1S/C18H14N4O3/c23-16(13-6-2-1-3-7-13)22-17(24)21-14-8-4-9-15(12-14)25-18-19-10-5-11-20-18/h1-12H,(H2,21,22,23,24). The highest BCUT2D eigenvalue weighted by Crippen LogP contribution is 2.21. The van der Waals surface area contributed by atoms with Crippen molar-refractivity contribution in [1.82, 2.24) is 15.3 Å². The number of carbonyl (C=O) groups excluding carboxylic acids is 2. The fourth-order valence-corrected chi connectivity index (χ4v) is 2.01. The maximum atomic E-state index is 12.0. The first-order valence-electron chi connectivity index (χ1n) is 7.43. The Balaban J connectivity index is 1.62. The van der Waals surface area contributed by atoms with Crippen LogP contribution in [0, 0.1) is 0 Å². The van der Waals surface area contributed by atoms with Crippen molar-refractivity contribution in [2.24, 2.45) is 0 Å². The largest absolute Gasteiger partial charge is 0.424 e. The van der Waals surface area contributed by atoms with Gasteiger partial charge in [-0.15, -0.1) is 0 Å². The molecular formula is C18H14N4O3. The number of ether oxygens (including phenoxy) is 1. The van der Waals surface area contributed by atoms with Crippen LogP contribution >= 0.6 is 0 Å². The number of nitrogens with one attached hydrogen (secondary N) is 2. The van der Waals surface area contributed by atoms with E-state index in [1.807, 2.05) is 0 Å². The third kappa shape index (κ3) is 4.61. The summed E-state index contributed by atoms with van der Waals surface area (Å²) in [7, 11) is 0. The number of hydrogen-bond acceptors (Lipinski definition) is 5. The van der Waals surface area contributed by atoms with Gasteiger partial charge in [0.2, 0.25) is 0 Å². The lowest BCUT2D eigenvalue weighted by atomic mass is 10.2. The Bertz CT molecular complexity index is 870. The minimum Gasteiger partial charge on any atom is -0.424 e. The number of aromatic nitrogens is 2. The van der Waals surface area contributed by atoms with E-state index < -0.39 is 11.9 Å². The number of carbonyl (C=O) groups is 2. The van der Waals surface area contributed by atoms with Gasteiger partial charge in [0.05, 0.1) is 0 Å². The summed E-state index contributed by atoms with van der Waals surface area (Å²) in [5, 5.41) is 4.84. The zero-order valence-corrected chi connectivity index (χ0v) is 13.0. The summed E-state index contributed by atoms with van der Waals surface area (Å²) >= 11 is 0. The Morgan fingerprint density at radius 3 is 2.40 bits per heavy atom. The SMILES string of the molecule is O=C(NC(=O)c1ccccc1)Nc1cccc(Oc2ncccn2)c1. The number of urea groups is 1. The van der Waals surface area contributed by atoms with E-state index in [2.05, 4.69) is 20.6 Å². The number of rotatable bonds is 4. The highest BCUT2D eigenvalue weighted by molar-refractivity contribution is 6.07. The minimum atomic E-state index is -0.637. The van der Waals surface area contributed by atoms with Crippen molar-refractivity contribution >= 4 is 17.6 Å². The Hall–Kier alpha value is -3.74. The van der Waals surface area contributed by atoms with Gasteiger partial charge in [0, 0.05) is 29.7 Å². The van der Waals surface area contributed by atoms with Crippen LogP contribution in [0.3, 0.4) is 0 Å². The van der Waals surface area contributed by atoms with Gasteiger partial charge in [-0.05, 0) is 30.3 Å². The van der Waals surface area contributed by atoms with E-state index in [0.29, 0.717) is 17.0 Å². The van der Waals surface area contributed by atoms with Crippen LogP contribution in [0.2, 0.25) is 0 Å². The molecule has 0 aliphatic carbocycles. The summed E-state index contributed by atoms with van der Waals surface area (Å²) in [6.07, 6.45) is 3.13. The van der Waals surface area contributed by atoms with E-state index >= 15 is 0 Å². The lowest BCUT2D eigenvalue weighted by Gasteiger charge is -2.08. The molecule has 3 rings (SSSR count). The van der Waals surface area contributed by atoms with Gasteiger partial charge in [0.25, 0.3) is 5.91 Å². The van der Waals surface area contributed by atoms with Crippen molar-refractivity contribution in [3.8, 4) is 11.8 Å². The molecule has 2 aromatic carbocycles. The molecule has 0 fully saturated rings. The zero-order chi connectivity index (χ0) is 17.5. The maximum Gasteiger partial charge on any atom is 0.326 e. The molecule has 3 amide bonds. The maximum absolute atomic E-state index is 12.0. The van der Waals surface area contributed by atoms with Crippen molar-refractivity contribution in [3.05, 3.63) is 78.6 Å². The lowest BCUT2D eigenvalue weighted by molar-refractivity contribution is 0.0967. The molecule has 2 N–H and O–H groups in total. The first-order valence-corrected chi connectivity index (χ1v) is 7.43. The van der Waals surface area contributed by atoms with Crippen LogP contribution in [0.15, 0.2) is 73.1 Å². The molecule has 1 heterocycles. The van der Waals surface area contributed by atoms with Crippen LogP contribution < -0.4 is 15.4 Å². The predicted octanol–water partition coefficient (Wildman–Crippen LogP) is 3.23. The molecule has 1 aromatic heterocycles. The van der Waals surface area contributed by atoms with Crippen molar-refractivity contribution in [1.29, 1.82) is 0 Å². The smallest absolute Gasteiger partial charge is 0.326 e. The first kappa shape index (κ1) is 16.1. The van der Waals surface area contributed by atoms with Gasteiger partial charge in [0.15, 0.2) is 0 Å². The Kier molecular flexibility index (Phi) is 4.96. The Labute approximate surface area is 143 Å². The van der Waals surface area contributed by atoms with E-state index in [1.165, 1.54) is 0 Å². The average molecular weight is 334 g/mol. The molecule has 124 valence electrons. The summed E-state index contributed by atoms with van der Waals surface area (Å²) in [5.41, 5.74) is 0.864. The minimum absolute atomic E-state index is 0.198. The third-order valence-electron chi connectivity index (χ3n) is 3.11. The molecule has 3 aromatic rings. The second-order valence-corrected chi connectivity index (χ2v) is 4.94. The van der Waals surface area contributed by atoms with E-state index in [-0.39, 0.29) is 6.01 Å². The lowest BCUT2D eigenvalue weighted by Crippen LogP contribution is -2.34. The molecule has 0 aliphatic heterocycles. The first-order chi connectivity index (χ1) is 12.2. The quantitative estimate of drug-likeness (QED) is 0.764. The Morgan fingerprint density at radius 2 is 1.64 bits per heavy atom. The highest BCUT2D eigenvalue weighted by atomic mass is 16.5. The molecule has 0 radical (unpaired) electrons. The monoisotopic (exact) mass is 334 g/mol. The second kappa shape index (κ2) is 7.69. The number of hydrogen-bond donors (Lipinski definition) is 2. The molecule has 25 heavy (non-hydrogen) atoms. The molecule has 7 heteroatoms. The fourth-order valence-electron chi connectivity index (χ4n) is 2.01. The number of benzene rings is 2. The van der Waals surface area contributed by atoms with Crippen molar-refractivity contribution < 1.29 is 14.3 Å². The van der Waals surface area contributed by atoms with Crippen LogP contribution in [-0.4, -0.2) is 21.9 Å². The van der Waals surface area contributed by atoms with Crippen molar-refractivity contribution in [2.45, 2.75) is 0 Å². The summed E-state index contributed by atoms with van der Waals surface area (Å²) < 4.78 is 5.49. The van der Waals surface area contributed by atoms with Crippen molar-refractivity contribution in [2.75, 3.05) is 5.32 Å². The molecule has 0 saturated carbocycles. The van der Waals surface area contributed by atoms with Crippen LogP contribution in [0.5, 0.6) is 11.8 Å². The summed E-state index contributed by atoms with van der Waals surface area (Å²) in [5.74, 6) is -0.0263. The molecule has 7 nitrogen and oxygen atoms in total. The predicted molar refractivity (Wildman–Crippen MR) is 91.5 cm³/mol. The van der Waals surface area contributed by atoms with E-state index in [9.17, 15) is 9.59 Å². The van der Waals surface area contributed by atoms with Crippen LogP contribution in [0.1, 0.15) is 10.4 Å². The molecule has 0 bridgehead atoms. The van der Waals surface area contributed by atoms with Gasteiger partial charge in [-0.1, -0.05) is 24.3 Å². The van der Waals surface area contributed by atoms with Crippen LogP contribution in [-0.2, 0) is 0 Å². The average Bonchev–Trinajstić information content (AvgIpc) is 2.63. The molecular weight excluding hydrogens is 320 g/mol. The van der Waals surface area contributed by atoms with E-state index in [0.717, 1.165) is 0 Å². The van der Waals surface area contributed by atoms with E-state index in [4.69, 9.17) is 4.74 Å². The molecule has 0 unspecified atom stereocenters. The van der Waals surface area contributed by atoms with Gasteiger partial charge in [-0.25, -0.2) is 14.8 Å². The molecule has 0 aliphatic rings. The van der Waals surface area contributed by atoms with Gasteiger partial charge < -0.3 is 10.1 Å². The molecule has 0 saturated heterocycles.